The molecule has 0 radical (unpaired) electrons. The summed E-state index contributed by atoms with van der Waals surface area (Å²) in [5.74, 6) is -2.66. The van der Waals surface area contributed by atoms with Crippen LogP contribution in [0.3, 0.4) is 0 Å². The second kappa shape index (κ2) is 9.95. The number of fused-ring (bicyclic) bond motifs is 3. The van der Waals surface area contributed by atoms with Gasteiger partial charge in [-0.2, -0.15) is 0 Å². The molecule has 3 aromatic carbocycles. The van der Waals surface area contributed by atoms with Gasteiger partial charge in [0.15, 0.2) is 6.10 Å². The number of carbonyl (C=O) groups is 2. The summed E-state index contributed by atoms with van der Waals surface area (Å²) in [6.45, 7) is 12.3. The molecule has 38 heavy (non-hydrogen) atoms. The Bertz CT molecular complexity index is 1440. The SMILES string of the molecule is CCC(=O)N1Cc2c(F)ccc(F)c2-c2c(C)c(-c3ccc(C)cc3)c([C@H](OC(C)(C)C)C(=O)O)c(C)c21. The lowest BCUT2D eigenvalue weighted by Gasteiger charge is -2.37. The molecule has 0 fully saturated rings. The van der Waals surface area contributed by atoms with Crippen LogP contribution >= 0.6 is 0 Å². The van der Waals surface area contributed by atoms with Crippen molar-refractivity contribution in [1.82, 2.24) is 0 Å². The molecule has 0 saturated heterocycles. The molecule has 0 unspecified atom stereocenters. The van der Waals surface area contributed by atoms with Crippen molar-refractivity contribution in [2.24, 2.45) is 0 Å². The quantitative estimate of drug-likeness (QED) is 0.379. The zero-order valence-corrected chi connectivity index (χ0v) is 22.8. The van der Waals surface area contributed by atoms with E-state index in [1.165, 1.54) is 4.90 Å². The number of benzene rings is 3. The molecule has 4 rings (SSSR count). The van der Waals surface area contributed by atoms with Crippen LogP contribution in [0.25, 0.3) is 22.3 Å². The number of hydrogen-bond donors (Lipinski definition) is 1. The fraction of sp³-hybridized carbons (Fsp3) is 0.355. The molecular weight excluding hydrogens is 488 g/mol. The van der Waals surface area contributed by atoms with Gasteiger partial charge >= 0.3 is 5.97 Å². The Balaban J connectivity index is 2.22. The highest BCUT2D eigenvalue weighted by Gasteiger charge is 2.39. The lowest BCUT2D eigenvalue weighted by atomic mass is 9.79. The third kappa shape index (κ3) is 4.71. The first-order chi connectivity index (χ1) is 17.8. The largest absolute Gasteiger partial charge is 0.479 e. The Labute approximate surface area is 222 Å². The fourth-order valence-electron chi connectivity index (χ4n) is 5.32. The Morgan fingerprint density at radius 1 is 0.947 bits per heavy atom. The van der Waals surface area contributed by atoms with Crippen LogP contribution in [0.2, 0.25) is 0 Å². The maximum absolute atomic E-state index is 15.5. The minimum Gasteiger partial charge on any atom is -0.479 e. The van der Waals surface area contributed by atoms with Gasteiger partial charge in [0.1, 0.15) is 11.6 Å². The van der Waals surface area contributed by atoms with E-state index in [0.29, 0.717) is 33.5 Å². The predicted molar refractivity (Wildman–Crippen MR) is 144 cm³/mol. The zero-order valence-electron chi connectivity index (χ0n) is 22.8. The normalized spacial score (nSPS) is 13.7. The lowest BCUT2D eigenvalue weighted by molar-refractivity contribution is -0.160. The standard InChI is InChI=1S/C31H33F2NO4/c1-8-23(35)34-15-20-21(32)13-14-22(33)27(20)25-17(3)24(19-11-9-16(2)10-12-19)26(18(4)28(25)34)29(30(36)37)38-31(5,6)7/h9-14,29H,8,15H2,1-7H3,(H,36,37)/t29-/m0/s1. The van der Waals surface area contributed by atoms with Crippen molar-refractivity contribution in [1.29, 1.82) is 0 Å². The van der Waals surface area contributed by atoms with E-state index in [0.717, 1.165) is 23.3 Å². The molecule has 1 aliphatic heterocycles. The number of ether oxygens (including phenoxy) is 1. The fourth-order valence-corrected chi connectivity index (χ4v) is 5.32. The van der Waals surface area contributed by atoms with Gasteiger partial charge in [-0.3, -0.25) is 4.79 Å². The second-order valence-corrected chi connectivity index (χ2v) is 10.8. The lowest BCUT2D eigenvalue weighted by Crippen LogP contribution is -2.35. The average molecular weight is 522 g/mol. The Kier molecular flexibility index (Phi) is 7.19. The number of anilines is 1. The third-order valence-corrected chi connectivity index (χ3v) is 6.96. The molecule has 0 aromatic heterocycles. The third-order valence-electron chi connectivity index (χ3n) is 6.96. The summed E-state index contributed by atoms with van der Waals surface area (Å²) in [5.41, 5.74) is 3.90. The van der Waals surface area contributed by atoms with Crippen molar-refractivity contribution in [2.75, 3.05) is 4.90 Å². The van der Waals surface area contributed by atoms with Crippen LogP contribution in [0.1, 0.15) is 68.0 Å². The van der Waals surface area contributed by atoms with E-state index in [1.54, 1.807) is 41.5 Å². The maximum Gasteiger partial charge on any atom is 0.337 e. The van der Waals surface area contributed by atoms with Gasteiger partial charge in [0, 0.05) is 28.7 Å². The van der Waals surface area contributed by atoms with E-state index in [9.17, 15) is 14.7 Å². The first kappa shape index (κ1) is 27.5. The van der Waals surface area contributed by atoms with E-state index in [2.05, 4.69) is 0 Å². The van der Waals surface area contributed by atoms with Gasteiger partial charge in [-0.1, -0.05) is 36.8 Å². The summed E-state index contributed by atoms with van der Waals surface area (Å²) in [4.78, 5) is 27.3. The van der Waals surface area contributed by atoms with Gasteiger partial charge in [-0.25, -0.2) is 13.6 Å². The molecule has 1 atom stereocenters. The first-order valence-corrected chi connectivity index (χ1v) is 12.7. The molecule has 0 bridgehead atoms. The first-order valence-electron chi connectivity index (χ1n) is 12.7. The van der Waals surface area contributed by atoms with E-state index in [4.69, 9.17) is 4.74 Å². The molecule has 1 N–H and O–H groups in total. The average Bonchev–Trinajstić information content (AvgIpc) is 2.85. The molecule has 5 nitrogen and oxygen atoms in total. The Morgan fingerprint density at radius 2 is 1.55 bits per heavy atom. The number of carboxylic acids is 1. The summed E-state index contributed by atoms with van der Waals surface area (Å²) < 4.78 is 36.6. The van der Waals surface area contributed by atoms with Crippen molar-refractivity contribution in [3.8, 4) is 22.3 Å². The van der Waals surface area contributed by atoms with E-state index >= 15 is 8.78 Å². The van der Waals surface area contributed by atoms with Crippen molar-refractivity contribution in [3.63, 3.8) is 0 Å². The van der Waals surface area contributed by atoms with E-state index in [1.807, 2.05) is 31.2 Å². The van der Waals surface area contributed by atoms with Crippen LogP contribution in [0, 0.1) is 32.4 Å². The minimum atomic E-state index is -1.37. The summed E-state index contributed by atoms with van der Waals surface area (Å²) in [7, 11) is 0. The van der Waals surface area contributed by atoms with Gasteiger partial charge in [-0.05, 0) is 75.9 Å². The second-order valence-electron chi connectivity index (χ2n) is 10.8. The number of carboxylic acid groups (broad SMARTS) is 1. The number of hydrogen-bond acceptors (Lipinski definition) is 3. The summed E-state index contributed by atoms with van der Waals surface area (Å²) in [6, 6.07) is 9.74. The molecule has 0 saturated carbocycles. The summed E-state index contributed by atoms with van der Waals surface area (Å²) in [5, 5.41) is 10.4. The van der Waals surface area contributed by atoms with Crippen LogP contribution in [0.4, 0.5) is 14.5 Å². The van der Waals surface area contributed by atoms with Crippen molar-refractivity contribution >= 4 is 17.6 Å². The van der Waals surface area contributed by atoms with Gasteiger partial charge < -0.3 is 14.7 Å². The predicted octanol–water partition coefficient (Wildman–Crippen LogP) is 7.42. The molecule has 1 aliphatic rings. The summed E-state index contributed by atoms with van der Waals surface area (Å²) >= 11 is 0. The van der Waals surface area contributed by atoms with Gasteiger partial charge in [0.2, 0.25) is 5.91 Å². The van der Waals surface area contributed by atoms with Crippen LogP contribution in [-0.2, 0) is 20.9 Å². The monoisotopic (exact) mass is 521 g/mol. The Morgan fingerprint density at radius 3 is 2.11 bits per heavy atom. The van der Waals surface area contributed by atoms with E-state index < -0.39 is 29.3 Å². The molecule has 0 spiro atoms. The molecular formula is C31H33F2NO4. The number of rotatable bonds is 5. The van der Waals surface area contributed by atoms with Gasteiger partial charge in [0.25, 0.3) is 0 Å². The van der Waals surface area contributed by atoms with Crippen LogP contribution in [-0.4, -0.2) is 22.6 Å². The Hall–Kier alpha value is -3.58. The molecule has 3 aromatic rings. The molecule has 0 aliphatic carbocycles. The number of halogens is 2. The maximum atomic E-state index is 15.5. The highest BCUT2D eigenvalue weighted by molar-refractivity contribution is 6.05. The highest BCUT2D eigenvalue weighted by Crippen LogP contribution is 2.52. The minimum absolute atomic E-state index is 0.101. The number of aryl methyl sites for hydroxylation is 1. The number of amides is 1. The van der Waals surface area contributed by atoms with Gasteiger partial charge in [0.05, 0.1) is 17.8 Å². The molecule has 7 heteroatoms. The summed E-state index contributed by atoms with van der Waals surface area (Å²) in [6.07, 6.45) is -1.23. The number of nitrogens with zero attached hydrogens (tertiary/aromatic N) is 1. The molecule has 1 heterocycles. The van der Waals surface area contributed by atoms with Gasteiger partial charge in [-0.15, -0.1) is 0 Å². The molecule has 1 amide bonds. The molecule has 200 valence electrons. The topological polar surface area (TPSA) is 66.8 Å². The van der Waals surface area contributed by atoms with E-state index in [-0.39, 0.29) is 30.0 Å². The number of aliphatic carboxylic acids is 1. The zero-order chi connectivity index (χ0) is 28.1. The smallest absolute Gasteiger partial charge is 0.337 e. The van der Waals surface area contributed by atoms with Crippen LogP contribution in [0.5, 0.6) is 0 Å². The van der Waals surface area contributed by atoms with Crippen molar-refractivity contribution < 1.29 is 28.2 Å². The highest BCUT2D eigenvalue weighted by atomic mass is 19.1. The van der Waals surface area contributed by atoms with Crippen molar-refractivity contribution in [3.05, 3.63) is 75.8 Å². The van der Waals surface area contributed by atoms with Crippen LogP contribution in [0.15, 0.2) is 36.4 Å². The number of carbonyl (C=O) groups excluding carboxylic acids is 1. The van der Waals surface area contributed by atoms with Crippen molar-refractivity contribution in [2.45, 2.75) is 73.1 Å². The van der Waals surface area contributed by atoms with Crippen LogP contribution < -0.4 is 4.90 Å².